The Morgan fingerprint density at radius 2 is 2.06 bits per heavy atom. The maximum absolute atomic E-state index is 14.5. The SMILES string of the molecule is CCN(CCC1CCC(=NC(=O)c2cc(OCCCOC)c3cc(F)cc(F)c3n2)CN1)C(C)=O. The van der Waals surface area contributed by atoms with Crippen LogP contribution in [0.4, 0.5) is 8.78 Å². The Kier molecular flexibility index (Phi) is 9.62. The van der Waals surface area contributed by atoms with Gasteiger partial charge in [-0.25, -0.2) is 18.8 Å². The highest BCUT2D eigenvalue weighted by Gasteiger charge is 2.21. The number of rotatable bonds is 10. The first-order chi connectivity index (χ1) is 16.8. The van der Waals surface area contributed by atoms with Crippen LogP contribution >= 0.6 is 0 Å². The summed E-state index contributed by atoms with van der Waals surface area (Å²) in [5.41, 5.74) is 0.459. The molecule has 1 aromatic carbocycles. The van der Waals surface area contributed by atoms with Crippen molar-refractivity contribution in [2.75, 3.05) is 40.0 Å². The van der Waals surface area contributed by atoms with Crippen molar-refractivity contribution in [3.63, 3.8) is 0 Å². The fourth-order valence-corrected chi connectivity index (χ4v) is 4.02. The molecular weight excluding hydrogens is 458 g/mol. The number of benzene rings is 1. The molecule has 10 heteroatoms. The van der Waals surface area contributed by atoms with Gasteiger partial charge in [0.1, 0.15) is 22.8 Å². The Bertz CT molecular complexity index is 1080. The Morgan fingerprint density at radius 3 is 2.71 bits per heavy atom. The number of nitrogens with one attached hydrogen (secondary N) is 1. The third-order valence-electron chi connectivity index (χ3n) is 5.97. The second-order valence-corrected chi connectivity index (χ2v) is 8.47. The standard InChI is InChI=1S/C25H32F2N4O4/c1-4-31(16(2)32)9-8-18-6-7-19(15-28-18)29-25(33)22-14-23(35-11-5-10-34-3)20-12-17(26)13-21(27)24(20)30-22/h12-14,18,28H,4-11,15H2,1-3H3. The topological polar surface area (TPSA) is 93.1 Å². The number of ether oxygens (including phenoxy) is 2. The number of hydrogen-bond acceptors (Lipinski definition) is 6. The molecule has 1 saturated heterocycles. The molecule has 1 N–H and O–H groups in total. The minimum Gasteiger partial charge on any atom is -0.493 e. The maximum Gasteiger partial charge on any atom is 0.295 e. The molecule has 2 aromatic rings. The molecule has 2 heterocycles. The Morgan fingerprint density at radius 1 is 1.26 bits per heavy atom. The van der Waals surface area contributed by atoms with E-state index in [0.29, 0.717) is 44.8 Å². The van der Waals surface area contributed by atoms with Crippen LogP contribution in [0, 0.1) is 11.6 Å². The van der Waals surface area contributed by atoms with Crippen LogP contribution in [0.3, 0.4) is 0 Å². The van der Waals surface area contributed by atoms with Gasteiger partial charge in [0.2, 0.25) is 5.91 Å². The van der Waals surface area contributed by atoms with E-state index in [1.165, 1.54) is 6.07 Å². The molecule has 3 rings (SSSR count). The zero-order chi connectivity index (χ0) is 25.4. The number of amides is 2. The average molecular weight is 491 g/mol. The van der Waals surface area contributed by atoms with Crippen LogP contribution in [0.5, 0.6) is 5.75 Å². The number of aliphatic imine (C=N–C) groups is 1. The molecule has 0 saturated carbocycles. The summed E-state index contributed by atoms with van der Waals surface area (Å²) in [5.74, 6) is -2.02. The highest BCUT2D eigenvalue weighted by Crippen LogP contribution is 2.29. The molecule has 0 radical (unpaired) electrons. The lowest BCUT2D eigenvalue weighted by Crippen LogP contribution is -2.42. The summed E-state index contributed by atoms with van der Waals surface area (Å²) in [5, 5.41) is 3.51. The van der Waals surface area contributed by atoms with Gasteiger partial charge in [0.25, 0.3) is 5.91 Å². The molecule has 0 aliphatic carbocycles. The predicted octanol–water partition coefficient (Wildman–Crippen LogP) is 3.52. The van der Waals surface area contributed by atoms with Crippen LogP contribution in [0.15, 0.2) is 23.2 Å². The van der Waals surface area contributed by atoms with Gasteiger partial charge < -0.3 is 19.7 Å². The number of piperidine rings is 1. The molecule has 0 spiro atoms. The second-order valence-electron chi connectivity index (χ2n) is 8.47. The lowest BCUT2D eigenvalue weighted by Gasteiger charge is -2.27. The van der Waals surface area contributed by atoms with Crippen molar-refractivity contribution in [2.45, 2.75) is 45.6 Å². The van der Waals surface area contributed by atoms with E-state index in [4.69, 9.17) is 9.47 Å². The molecule has 1 fully saturated rings. The first kappa shape index (κ1) is 26.6. The van der Waals surface area contributed by atoms with Crippen LogP contribution in [0.1, 0.15) is 50.0 Å². The molecule has 35 heavy (non-hydrogen) atoms. The van der Waals surface area contributed by atoms with Crippen molar-refractivity contribution in [2.24, 2.45) is 4.99 Å². The maximum atomic E-state index is 14.5. The van der Waals surface area contributed by atoms with Crippen molar-refractivity contribution >= 4 is 28.4 Å². The summed E-state index contributed by atoms with van der Waals surface area (Å²) < 4.78 is 39.0. The van der Waals surface area contributed by atoms with Gasteiger partial charge in [-0.1, -0.05) is 0 Å². The number of halogens is 2. The van der Waals surface area contributed by atoms with E-state index in [1.54, 1.807) is 18.9 Å². The zero-order valence-electron chi connectivity index (χ0n) is 20.4. The van der Waals surface area contributed by atoms with Crippen molar-refractivity contribution in [1.29, 1.82) is 0 Å². The van der Waals surface area contributed by atoms with Crippen molar-refractivity contribution in [1.82, 2.24) is 15.2 Å². The summed E-state index contributed by atoms with van der Waals surface area (Å²) >= 11 is 0. The lowest BCUT2D eigenvalue weighted by atomic mass is 10.0. The van der Waals surface area contributed by atoms with Gasteiger partial charge >= 0.3 is 0 Å². The number of methoxy groups -OCH3 is 1. The summed E-state index contributed by atoms with van der Waals surface area (Å²) in [4.78, 5) is 34.6. The molecule has 1 unspecified atom stereocenters. The Balaban J connectivity index is 1.72. The van der Waals surface area contributed by atoms with E-state index >= 15 is 0 Å². The first-order valence-corrected chi connectivity index (χ1v) is 11.8. The minimum atomic E-state index is -0.877. The monoisotopic (exact) mass is 490 g/mol. The van der Waals surface area contributed by atoms with Gasteiger partial charge in [0.05, 0.1) is 6.61 Å². The fraction of sp³-hybridized carbons (Fsp3) is 0.520. The van der Waals surface area contributed by atoms with Gasteiger partial charge in [0, 0.05) is 76.0 Å². The highest BCUT2D eigenvalue weighted by molar-refractivity contribution is 6.05. The van der Waals surface area contributed by atoms with Crippen LogP contribution in [0.25, 0.3) is 10.9 Å². The number of carbonyl (C=O) groups is 2. The highest BCUT2D eigenvalue weighted by atomic mass is 19.1. The van der Waals surface area contributed by atoms with Gasteiger partial charge in [-0.05, 0) is 32.3 Å². The Labute approximate surface area is 203 Å². The summed E-state index contributed by atoms with van der Waals surface area (Å²) in [6, 6.07) is 3.46. The molecule has 0 bridgehead atoms. The molecule has 1 aliphatic rings. The quantitative estimate of drug-likeness (QED) is 0.513. The molecule has 1 aromatic heterocycles. The smallest absolute Gasteiger partial charge is 0.295 e. The number of carbonyl (C=O) groups excluding carboxylic acids is 2. The van der Waals surface area contributed by atoms with Crippen LogP contribution in [-0.2, 0) is 9.53 Å². The molecule has 2 amide bonds. The second kappa shape index (κ2) is 12.6. The number of nitrogens with zero attached hydrogens (tertiary/aromatic N) is 3. The van der Waals surface area contributed by atoms with Crippen LogP contribution < -0.4 is 10.1 Å². The van der Waals surface area contributed by atoms with E-state index < -0.39 is 17.5 Å². The third kappa shape index (κ3) is 7.25. The number of pyridine rings is 1. The van der Waals surface area contributed by atoms with Gasteiger partial charge in [-0.3, -0.25) is 9.59 Å². The van der Waals surface area contributed by atoms with Crippen molar-refractivity contribution in [3.8, 4) is 5.75 Å². The van der Waals surface area contributed by atoms with Gasteiger partial charge in [-0.2, -0.15) is 0 Å². The molecule has 190 valence electrons. The number of aromatic nitrogens is 1. The van der Waals surface area contributed by atoms with Crippen molar-refractivity contribution in [3.05, 3.63) is 35.5 Å². The predicted molar refractivity (Wildman–Crippen MR) is 129 cm³/mol. The number of hydrogen-bond donors (Lipinski definition) is 1. The van der Waals surface area contributed by atoms with E-state index in [-0.39, 0.29) is 40.9 Å². The third-order valence-corrected chi connectivity index (χ3v) is 5.97. The zero-order valence-corrected chi connectivity index (χ0v) is 20.4. The van der Waals surface area contributed by atoms with Crippen LogP contribution in [0.2, 0.25) is 0 Å². The van der Waals surface area contributed by atoms with E-state index in [1.807, 2.05) is 6.92 Å². The summed E-state index contributed by atoms with van der Waals surface area (Å²) in [6.07, 6.45) is 2.80. The Hall–Kier alpha value is -2.98. The first-order valence-electron chi connectivity index (χ1n) is 11.8. The minimum absolute atomic E-state index is 0.0558. The van der Waals surface area contributed by atoms with Crippen LogP contribution in [-0.4, -0.2) is 73.4 Å². The van der Waals surface area contributed by atoms with E-state index in [0.717, 1.165) is 25.0 Å². The van der Waals surface area contributed by atoms with E-state index in [2.05, 4.69) is 15.3 Å². The lowest BCUT2D eigenvalue weighted by molar-refractivity contribution is -0.128. The molecule has 1 aliphatic heterocycles. The number of fused-ring (bicyclic) bond motifs is 1. The fourth-order valence-electron chi connectivity index (χ4n) is 4.02. The molecular formula is C25H32F2N4O4. The van der Waals surface area contributed by atoms with Gasteiger partial charge in [0.15, 0.2) is 5.82 Å². The summed E-state index contributed by atoms with van der Waals surface area (Å²) in [7, 11) is 1.57. The molecule has 8 nitrogen and oxygen atoms in total. The largest absolute Gasteiger partial charge is 0.493 e. The average Bonchev–Trinajstić information content (AvgIpc) is 2.83. The van der Waals surface area contributed by atoms with E-state index in [9.17, 15) is 18.4 Å². The van der Waals surface area contributed by atoms with Gasteiger partial charge in [-0.15, -0.1) is 0 Å². The van der Waals surface area contributed by atoms with Crippen molar-refractivity contribution < 1.29 is 27.8 Å². The normalized spacial score (nSPS) is 17.1. The molecule has 1 atom stereocenters. The summed E-state index contributed by atoms with van der Waals surface area (Å²) in [6.45, 7) is 6.01.